The Morgan fingerprint density at radius 2 is 2.12 bits per heavy atom. The van der Waals surface area contributed by atoms with E-state index < -0.39 is 6.03 Å². The maximum atomic E-state index is 11.4. The maximum absolute atomic E-state index is 11.4. The number of amides is 3. The Kier molecular flexibility index (Phi) is 3.21. The fourth-order valence-corrected chi connectivity index (χ4v) is 1.82. The summed E-state index contributed by atoms with van der Waals surface area (Å²) in [5.74, 6) is 0.188. The largest absolute Gasteiger partial charge is 0.347 e. The van der Waals surface area contributed by atoms with Crippen molar-refractivity contribution in [1.29, 1.82) is 0 Å². The number of carbonyl (C=O) groups is 2. The number of benzene rings is 1. The van der Waals surface area contributed by atoms with Crippen LogP contribution in [0.5, 0.6) is 0 Å². The van der Waals surface area contributed by atoms with Gasteiger partial charge in [-0.15, -0.1) is 0 Å². The molecule has 0 radical (unpaired) electrons. The molecule has 2 N–H and O–H groups in total. The molecule has 82 valence electrons. The highest BCUT2D eigenvalue weighted by Crippen LogP contribution is 2.10. The molecular weight excluding hydrogens is 226 g/mol. The van der Waals surface area contributed by atoms with Crippen molar-refractivity contribution < 1.29 is 9.59 Å². The van der Waals surface area contributed by atoms with E-state index in [1.165, 1.54) is 11.8 Å². The molecule has 1 saturated heterocycles. The summed E-state index contributed by atoms with van der Waals surface area (Å²) in [4.78, 5) is 26.0. The molecule has 0 unspecified atom stereocenters. The number of carbonyl (C=O) groups excluding carboxylic acids is 2. The number of urea groups is 1. The summed E-state index contributed by atoms with van der Waals surface area (Å²) in [6.45, 7) is 0. The van der Waals surface area contributed by atoms with Crippen LogP contribution in [0.25, 0.3) is 0 Å². The second kappa shape index (κ2) is 4.80. The zero-order valence-corrected chi connectivity index (χ0v) is 9.08. The predicted octanol–water partition coefficient (Wildman–Crippen LogP) is 1.44. The molecule has 1 fully saturated rings. The third kappa shape index (κ3) is 2.83. The fraction of sp³-hybridized carbons (Fsp3) is 0.100. The van der Waals surface area contributed by atoms with Crippen molar-refractivity contribution in [3.05, 3.63) is 30.3 Å². The molecule has 16 heavy (non-hydrogen) atoms. The van der Waals surface area contributed by atoms with Crippen LogP contribution in [0, 0.1) is 0 Å². The Morgan fingerprint density at radius 1 is 1.38 bits per heavy atom. The van der Waals surface area contributed by atoms with Crippen molar-refractivity contribution in [2.75, 3.05) is 11.1 Å². The van der Waals surface area contributed by atoms with Gasteiger partial charge < -0.3 is 10.6 Å². The predicted molar refractivity (Wildman–Crippen MR) is 63.5 cm³/mol. The van der Waals surface area contributed by atoms with Crippen molar-refractivity contribution in [3.8, 4) is 0 Å². The number of hydrogen-bond donors (Lipinski definition) is 2. The molecule has 0 aliphatic carbocycles. The van der Waals surface area contributed by atoms with Gasteiger partial charge in [-0.05, 0) is 12.1 Å². The number of para-hydroxylation sites is 1. The van der Waals surface area contributed by atoms with Gasteiger partial charge in [0.25, 0.3) is 0 Å². The monoisotopic (exact) mass is 235 g/mol. The minimum atomic E-state index is -0.490. The van der Waals surface area contributed by atoms with E-state index in [1.54, 1.807) is 12.1 Å². The Morgan fingerprint density at radius 3 is 2.75 bits per heavy atom. The van der Waals surface area contributed by atoms with Crippen molar-refractivity contribution in [1.82, 2.24) is 5.32 Å². The molecule has 0 saturated carbocycles. The first kappa shape index (κ1) is 10.7. The number of anilines is 1. The molecule has 6 heteroatoms. The number of thioether (sulfide) groups is 1. The van der Waals surface area contributed by atoms with Gasteiger partial charge in [0.1, 0.15) is 0 Å². The van der Waals surface area contributed by atoms with Crippen LogP contribution in [0.2, 0.25) is 0 Å². The molecular formula is C10H9N3O2S. The number of amidine groups is 1. The highest BCUT2D eigenvalue weighted by Gasteiger charge is 2.17. The lowest BCUT2D eigenvalue weighted by atomic mass is 10.3. The summed E-state index contributed by atoms with van der Waals surface area (Å²) in [6.07, 6.45) is 0. The zero-order valence-electron chi connectivity index (χ0n) is 8.27. The number of aliphatic imine (C=N–C) groups is 1. The summed E-state index contributed by atoms with van der Waals surface area (Å²) < 4.78 is 0. The van der Waals surface area contributed by atoms with E-state index in [0.717, 1.165) is 0 Å². The number of nitrogens with one attached hydrogen (secondary N) is 2. The number of nitrogens with zero attached hydrogens (tertiary/aromatic N) is 1. The van der Waals surface area contributed by atoms with Gasteiger partial charge in [-0.3, -0.25) is 4.79 Å². The van der Waals surface area contributed by atoms with Gasteiger partial charge in [-0.2, -0.15) is 4.99 Å². The topological polar surface area (TPSA) is 70.6 Å². The average molecular weight is 235 g/mol. The van der Waals surface area contributed by atoms with Crippen LogP contribution < -0.4 is 10.6 Å². The summed E-state index contributed by atoms with van der Waals surface area (Å²) in [5.41, 5.74) is 0.672. The smallest absolute Gasteiger partial charge is 0.306 e. The molecule has 1 aliphatic heterocycles. The van der Waals surface area contributed by atoms with Crippen molar-refractivity contribution in [2.24, 2.45) is 4.99 Å². The SMILES string of the molecule is O=C1CSC(=NC(=O)Nc2ccccc2)N1. The first-order valence-electron chi connectivity index (χ1n) is 4.61. The van der Waals surface area contributed by atoms with E-state index in [9.17, 15) is 9.59 Å². The highest BCUT2D eigenvalue weighted by atomic mass is 32.2. The van der Waals surface area contributed by atoms with E-state index in [2.05, 4.69) is 15.6 Å². The van der Waals surface area contributed by atoms with E-state index in [0.29, 0.717) is 16.6 Å². The second-order valence-corrected chi connectivity index (χ2v) is 4.01. The highest BCUT2D eigenvalue weighted by molar-refractivity contribution is 8.15. The fourth-order valence-electron chi connectivity index (χ4n) is 1.15. The van der Waals surface area contributed by atoms with Gasteiger partial charge in [0.05, 0.1) is 5.75 Å². The molecule has 3 amide bonds. The first-order chi connectivity index (χ1) is 7.74. The molecule has 0 aromatic heterocycles. The van der Waals surface area contributed by atoms with Crippen LogP contribution in [0.3, 0.4) is 0 Å². The average Bonchev–Trinajstić information content (AvgIpc) is 2.65. The zero-order chi connectivity index (χ0) is 11.4. The Labute approximate surface area is 96.3 Å². The third-order valence-electron chi connectivity index (χ3n) is 1.81. The van der Waals surface area contributed by atoms with E-state index in [1.807, 2.05) is 18.2 Å². The van der Waals surface area contributed by atoms with Crippen LogP contribution in [0.1, 0.15) is 0 Å². The van der Waals surface area contributed by atoms with Crippen molar-refractivity contribution in [2.45, 2.75) is 0 Å². The lowest BCUT2D eigenvalue weighted by Gasteiger charge is -2.00. The molecule has 0 spiro atoms. The van der Waals surface area contributed by atoms with Gasteiger partial charge >= 0.3 is 6.03 Å². The van der Waals surface area contributed by atoms with Gasteiger partial charge in [-0.1, -0.05) is 30.0 Å². The van der Waals surface area contributed by atoms with Crippen molar-refractivity contribution >= 4 is 34.6 Å². The third-order valence-corrected chi connectivity index (χ3v) is 2.69. The quantitative estimate of drug-likeness (QED) is 0.773. The first-order valence-corrected chi connectivity index (χ1v) is 5.60. The standard InChI is InChI=1S/C10H9N3O2S/c14-8-6-16-10(12-8)13-9(15)11-7-4-2-1-3-5-7/h1-5H,6H2,(H2,11,12,13,14,15). The van der Waals surface area contributed by atoms with Crippen LogP contribution >= 0.6 is 11.8 Å². The molecule has 5 nitrogen and oxygen atoms in total. The summed E-state index contributed by atoms with van der Waals surface area (Å²) in [7, 11) is 0. The summed E-state index contributed by atoms with van der Waals surface area (Å²) in [6, 6.07) is 8.52. The molecule has 0 bridgehead atoms. The van der Waals surface area contributed by atoms with Gasteiger partial charge in [-0.25, -0.2) is 4.79 Å². The van der Waals surface area contributed by atoms with Crippen LogP contribution in [-0.2, 0) is 4.79 Å². The van der Waals surface area contributed by atoms with Gasteiger partial charge in [0, 0.05) is 5.69 Å². The Bertz CT molecular complexity index is 445. The normalized spacial score (nSPS) is 17.2. The van der Waals surface area contributed by atoms with E-state index >= 15 is 0 Å². The molecule has 0 atom stereocenters. The van der Waals surface area contributed by atoms with Gasteiger partial charge in [0.2, 0.25) is 5.91 Å². The maximum Gasteiger partial charge on any atom is 0.347 e. The van der Waals surface area contributed by atoms with E-state index in [4.69, 9.17) is 0 Å². The molecule has 1 aliphatic rings. The second-order valence-electron chi connectivity index (χ2n) is 3.05. The summed E-state index contributed by atoms with van der Waals surface area (Å²) in [5, 5.41) is 5.42. The minimum absolute atomic E-state index is 0.128. The number of rotatable bonds is 1. The van der Waals surface area contributed by atoms with Crippen LogP contribution in [0.15, 0.2) is 35.3 Å². The molecule has 1 aromatic carbocycles. The molecule has 1 heterocycles. The lowest BCUT2D eigenvalue weighted by Crippen LogP contribution is -2.22. The Balaban J connectivity index is 1.97. The lowest BCUT2D eigenvalue weighted by molar-refractivity contribution is -0.116. The Hall–Kier alpha value is -1.82. The van der Waals surface area contributed by atoms with Crippen molar-refractivity contribution in [3.63, 3.8) is 0 Å². The minimum Gasteiger partial charge on any atom is -0.306 e. The number of hydrogen-bond acceptors (Lipinski definition) is 3. The van der Waals surface area contributed by atoms with Crippen LogP contribution in [-0.4, -0.2) is 22.9 Å². The van der Waals surface area contributed by atoms with E-state index in [-0.39, 0.29) is 5.91 Å². The van der Waals surface area contributed by atoms with Gasteiger partial charge in [0.15, 0.2) is 5.17 Å². The molecule has 2 rings (SSSR count). The molecule has 1 aromatic rings. The van der Waals surface area contributed by atoms with Crippen LogP contribution in [0.4, 0.5) is 10.5 Å². The summed E-state index contributed by atoms with van der Waals surface area (Å²) >= 11 is 1.22.